The molecule has 5 N–H and O–H groups in total. The predicted molar refractivity (Wildman–Crippen MR) is 75.6 cm³/mol. The second-order valence-electron chi connectivity index (χ2n) is 4.13. The summed E-state index contributed by atoms with van der Waals surface area (Å²) < 4.78 is 25.9. The van der Waals surface area contributed by atoms with Gasteiger partial charge in [-0.1, -0.05) is 6.07 Å². The highest BCUT2D eigenvalue weighted by Crippen LogP contribution is 2.35. The third kappa shape index (κ3) is 2.93. The summed E-state index contributed by atoms with van der Waals surface area (Å²) in [5.41, 5.74) is 11.4. The first-order chi connectivity index (χ1) is 9.93. The minimum Gasteiger partial charge on any atom is -0.396 e. The van der Waals surface area contributed by atoms with Crippen molar-refractivity contribution in [2.45, 2.75) is 6.54 Å². The number of hydrogen-bond acceptors (Lipinski definition) is 5. The van der Waals surface area contributed by atoms with Crippen molar-refractivity contribution in [2.75, 3.05) is 11.1 Å². The number of nitrogen functional groups attached to an aromatic ring is 1. The Morgan fingerprint density at radius 2 is 2.10 bits per heavy atom. The maximum atomic E-state index is 13.1. The van der Waals surface area contributed by atoms with Gasteiger partial charge in [0.25, 0.3) is 5.91 Å². The lowest BCUT2D eigenvalue weighted by molar-refractivity contribution is 0.100. The van der Waals surface area contributed by atoms with E-state index in [0.29, 0.717) is 10.6 Å². The van der Waals surface area contributed by atoms with Crippen molar-refractivity contribution < 1.29 is 13.6 Å². The Hall–Kier alpha value is -2.66. The van der Waals surface area contributed by atoms with Crippen LogP contribution < -0.4 is 16.8 Å². The van der Waals surface area contributed by atoms with Crippen molar-refractivity contribution in [3.8, 4) is 6.07 Å². The monoisotopic (exact) mass is 308 g/mol. The summed E-state index contributed by atoms with van der Waals surface area (Å²) in [7, 11) is 0. The molecule has 0 unspecified atom stereocenters. The fourth-order valence-corrected chi connectivity index (χ4v) is 2.65. The highest BCUT2D eigenvalue weighted by atomic mass is 32.1. The van der Waals surface area contributed by atoms with Gasteiger partial charge in [0.15, 0.2) is 11.6 Å². The molecule has 1 heterocycles. The molecule has 1 aromatic carbocycles. The smallest absolute Gasteiger partial charge is 0.253 e. The molecule has 2 aromatic rings. The number of nitrogens with one attached hydrogen (secondary N) is 1. The van der Waals surface area contributed by atoms with Crippen molar-refractivity contribution in [3.05, 3.63) is 45.8 Å². The van der Waals surface area contributed by atoms with Crippen LogP contribution in [0.25, 0.3) is 0 Å². The van der Waals surface area contributed by atoms with Crippen LogP contribution >= 0.6 is 11.3 Å². The summed E-state index contributed by atoms with van der Waals surface area (Å²) in [6, 6.07) is 5.30. The topological polar surface area (TPSA) is 105 Å². The Bertz CT molecular complexity index is 751. The van der Waals surface area contributed by atoms with Crippen LogP contribution in [0.2, 0.25) is 0 Å². The van der Waals surface area contributed by atoms with E-state index >= 15 is 0 Å². The van der Waals surface area contributed by atoms with E-state index in [4.69, 9.17) is 16.7 Å². The van der Waals surface area contributed by atoms with Crippen molar-refractivity contribution in [2.24, 2.45) is 5.73 Å². The van der Waals surface area contributed by atoms with Crippen LogP contribution in [0.3, 0.4) is 0 Å². The van der Waals surface area contributed by atoms with Crippen molar-refractivity contribution in [1.82, 2.24) is 0 Å². The third-order valence-electron chi connectivity index (χ3n) is 2.73. The molecule has 0 atom stereocenters. The zero-order valence-corrected chi connectivity index (χ0v) is 11.4. The third-order valence-corrected chi connectivity index (χ3v) is 3.80. The van der Waals surface area contributed by atoms with Crippen molar-refractivity contribution in [3.63, 3.8) is 0 Å². The Morgan fingerprint density at radius 1 is 1.38 bits per heavy atom. The average Bonchev–Trinajstić information content (AvgIpc) is 2.76. The molecule has 0 radical (unpaired) electrons. The van der Waals surface area contributed by atoms with Gasteiger partial charge < -0.3 is 16.8 Å². The summed E-state index contributed by atoms with van der Waals surface area (Å²) in [6.07, 6.45) is 0. The fourth-order valence-electron chi connectivity index (χ4n) is 1.73. The van der Waals surface area contributed by atoms with Crippen LogP contribution in [0.4, 0.5) is 19.5 Å². The normalized spacial score (nSPS) is 10.1. The van der Waals surface area contributed by atoms with Gasteiger partial charge in [-0.05, 0) is 17.7 Å². The van der Waals surface area contributed by atoms with Gasteiger partial charge in [0, 0.05) is 6.54 Å². The minimum atomic E-state index is -0.965. The number of amides is 1. The van der Waals surface area contributed by atoms with Crippen molar-refractivity contribution in [1.29, 1.82) is 5.26 Å². The summed E-state index contributed by atoms with van der Waals surface area (Å²) >= 11 is 0.975. The zero-order chi connectivity index (χ0) is 15.6. The SMILES string of the molecule is N#Cc1sc(NCc2ccc(F)c(F)c2)c(C(N)=O)c1N. The quantitative estimate of drug-likeness (QED) is 0.805. The van der Waals surface area contributed by atoms with Crippen LogP contribution in [-0.2, 0) is 6.54 Å². The Morgan fingerprint density at radius 3 is 2.67 bits per heavy atom. The molecule has 1 aromatic heterocycles. The Labute approximate surface area is 122 Å². The molecule has 0 aliphatic carbocycles. The maximum Gasteiger partial charge on any atom is 0.253 e. The van der Waals surface area contributed by atoms with Crippen molar-refractivity contribution >= 4 is 27.9 Å². The average molecular weight is 308 g/mol. The molecule has 108 valence electrons. The van der Waals surface area contributed by atoms with Crippen LogP contribution in [0.1, 0.15) is 20.8 Å². The molecule has 5 nitrogen and oxygen atoms in total. The van der Waals surface area contributed by atoms with Gasteiger partial charge in [0.2, 0.25) is 0 Å². The van der Waals surface area contributed by atoms with Gasteiger partial charge in [-0.2, -0.15) is 5.26 Å². The van der Waals surface area contributed by atoms with E-state index in [1.165, 1.54) is 6.07 Å². The van der Waals surface area contributed by atoms with Gasteiger partial charge in [0.1, 0.15) is 15.9 Å². The second kappa shape index (κ2) is 5.76. The van der Waals surface area contributed by atoms with E-state index in [-0.39, 0.29) is 22.7 Å². The molecule has 0 aliphatic rings. The van der Waals surface area contributed by atoms with Gasteiger partial charge >= 0.3 is 0 Å². The second-order valence-corrected chi connectivity index (χ2v) is 5.15. The summed E-state index contributed by atoms with van der Waals surface area (Å²) in [6.45, 7) is 0.127. The lowest BCUT2D eigenvalue weighted by Gasteiger charge is -2.06. The van der Waals surface area contributed by atoms with E-state index in [0.717, 1.165) is 23.5 Å². The molecule has 0 saturated heterocycles. The number of primary amides is 1. The highest BCUT2D eigenvalue weighted by molar-refractivity contribution is 7.17. The van der Waals surface area contributed by atoms with E-state index < -0.39 is 17.5 Å². The minimum absolute atomic E-state index is 0.0165. The van der Waals surface area contributed by atoms with Gasteiger partial charge in [0.05, 0.1) is 11.3 Å². The van der Waals surface area contributed by atoms with Crippen LogP contribution in [0, 0.1) is 23.0 Å². The Balaban J connectivity index is 2.26. The summed E-state index contributed by atoms with van der Waals surface area (Å²) in [5.74, 6) is -2.67. The first-order valence-corrected chi connectivity index (χ1v) is 6.55. The lowest BCUT2D eigenvalue weighted by Crippen LogP contribution is -2.14. The van der Waals surface area contributed by atoms with Crippen LogP contribution in [-0.4, -0.2) is 5.91 Å². The molecule has 0 bridgehead atoms. The van der Waals surface area contributed by atoms with Crippen LogP contribution in [0.15, 0.2) is 18.2 Å². The molecule has 8 heteroatoms. The largest absolute Gasteiger partial charge is 0.396 e. The first kappa shape index (κ1) is 14.7. The lowest BCUT2D eigenvalue weighted by atomic mass is 10.2. The maximum absolute atomic E-state index is 13.1. The van der Waals surface area contributed by atoms with E-state index in [2.05, 4.69) is 5.32 Å². The molecule has 21 heavy (non-hydrogen) atoms. The Kier molecular flexibility index (Phi) is 4.05. The van der Waals surface area contributed by atoms with Gasteiger partial charge in [-0.3, -0.25) is 4.79 Å². The van der Waals surface area contributed by atoms with Gasteiger partial charge in [-0.15, -0.1) is 11.3 Å². The molecule has 0 saturated carbocycles. The fraction of sp³-hybridized carbons (Fsp3) is 0.0769. The number of hydrogen-bond donors (Lipinski definition) is 3. The molecular weight excluding hydrogens is 298 g/mol. The number of benzene rings is 1. The van der Waals surface area contributed by atoms with Gasteiger partial charge in [-0.25, -0.2) is 8.78 Å². The number of nitrogens with zero attached hydrogens (tertiary/aromatic N) is 1. The molecular formula is C13H10F2N4OS. The number of carbonyl (C=O) groups excluding carboxylic acids is 1. The highest BCUT2D eigenvalue weighted by Gasteiger charge is 2.20. The number of nitriles is 1. The standard InChI is InChI=1S/C13H10F2N4OS/c14-7-2-1-6(3-8(7)15)5-19-13-10(12(18)20)11(17)9(4-16)21-13/h1-3,19H,5,17H2,(H2,18,20). The summed E-state index contributed by atoms with van der Waals surface area (Å²) in [5, 5.41) is 12.1. The predicted octanol–water partition coefficient (Wildman–Crippen LogP) is 2.19. The van der Waals surface area contributed by atoms with E-state index in [9.17, 15) is 13.6 Å². The molecule has 0 aliphatic heterocycles. The number of anilines is 2. The number of rotatable bonds is 4. The van der Waals surface area contributed by atoms with E-state index in [1.54, 1.807) is 0 Å². The molecule has 0 spiro atoms. The summed E-state index contributed by atoms with van der Waals surface area (Å²) in [4.78, 5) is 11.5. The number of carbonyl (C=O) groups is 1. The molecule has 2 rings (SSSR count). The number of thiophene rings is 1. The number of nitrogens with two attached hydrogens (primary N) is 2. The number of halogens is 2. The molecule has 1 amide bonds. The first-order valence-electron chi connectivity index (χ1n) is 5.74. The van der Waals surface area contributed by atoms with Crippen LogP contribution in [0.5, 0.6) is 0 Å². The molecule has 0 fully saturated rings. The zero-order valence-electron chi connectivity index (χ0n) is 10.6. The van der Waals surface area contributed by atoms with E-state index in [1.807, 2.05) is 6.07 Å².